The van der Waals surface area contributed by atoms with E-state index in [2.05, 4.69) is 25.3 Å². The van der Waals surface area contributed by atoms with E-state index in [4.69, 9.17) is 0 Å². The molecule has 0 aliphatic carbocycles. The van der Waals surface area contributed by atoms with Crippen LogP contribution in [0, 0.1) is 5.82 Å². The molecule has 9 nitrogen and oxygen atoms in total. The molecule has 1 aliphatic heterocycles. The number of thioether (sulfide) groups is 1. The van der Waals surface area contributed by atoms with Crippen molar-refractivity contribution in [2.45, 2.75) is 16.6 Å². The summed E-state index contributed by atoms with van der Waals surface area (Å²) in [5.74, 6) is -1.17. The van der Waals surface area contributed by atoms with Crippen molar-refractivity contribution in [1.29, 1.82) is 0 Å². The number of halogens is 1. The first-order valence-electron chi connectivity index (χ1n) is 9.42. The molecule has 170 valence electrons. The van der Waals surface area contributed by atoms with Crippen molar-refractivity contribution >= 4 is 66.6 Å². The monoisotopic (exact) mass is 505 g/mol. The average Bonchev–Trinajstić information content (AvgIpc) is 3.39. The number of hydrogen-bond acceptors (Lipinski definition) is 8. The summed E-state index contributed by atoms with van der Waals surface area (Å²) in [5, 5.41) is 6.77. The quantitative estimate of drug-likeness (QED) is 0.452. The number of anilines is 2. The Balaban J connectivity index is 1.37. The van der Waals surface area contributed by atoms with Gasteiger partial charge in [0.1, 0.15) is 11.1 Å². The lowest BCUT2D eigenvalue weighted by Crippen LogP contribution is -2.28. The van der Waals surface area contributed by atoms with E-state index in [1.165, 1.54) is 54.7 Å². The minimum absolute atomic E-state index is 0.0418. The Morgan fingerprint density at radius 2 is 1.88 bits per heavy atom. The Morgan fingerprint density at radius 3 is 2.55 bits per heavy atom. The molecule has 2 aromatic carbocycles. The third-order valence-electron chi connectivity index (χ3n) is 4.31. The van der Waals surface area contributed by atoms with Crippen LogP contribution in [0.1, 0.15) is 6.42 Å². The third-order valence-corrected chi connectivity index (χ3v) is 7.56. The average molecular weight is 506 g/mol. The summed E-state index contributed by atoms with van der Waals surface area (Å²) in [6.45, 7) is 0. The number of amidine groups is 1. The zero-order chi connectivity index (χ0) is 23.4. The normalized spacial score (nSPS) is 17.1. The van der Waals surface area contributed by atoms with Crippen molar-refractivity contribution < 1.29 is 22.4 Å². The standard InChI is InChI=1S/C20H16FN5O4S3/c21-12-1-3-13(4-2-12)23-17(27)11-16-18(28)25-20(32-16)24-14-5-7-15(8-6-14)33(29,30)26-19-22-9-10-31-19/h1-10,16H,11H2,(H,22,26)(H,23,27)(H,24,25,28). The van der Waals surface area contributed by atoms with Crippen LogP contribution in [0.25, 0.3) is 0 Å². The fraction of sp³-hybridized carbons (Fsp3) is 0.100. The van der Waals surface area contributed by atoms with Crippen molar-refractivity contribution in [3.05, 3.63) is 65.9 Å². The predicted octanol–water partition coefficient (Wildman–Crippen LogP) is 3.33. The van der Waals surface area contributed by atoms with Gasteiger partial charge in [0.05, 0.1) is 10.6 Å². The first-order valence-corrected chi connectivity index (χ1v) is 12.7. The molecule has 1 aromatic heterocycles. The fourth-order valence-corrected chi connectivity index (χ4v) is 5.55. The number of carbonyl (C=O) groups is 2. The molecule has 33 heavy (non-hydrogen) atoms. The highest BCUT2D eigenvalue weighted by molar-refractivity contribution is 8.15. The van der Waals surface area contributed by atoms with Crippen molar-refractivity contribution in [2.24, 2.45) is 4.99 Å². The summed E-state index contributed by atoms with van der Waals surface area (Å²) in [6, 6.07) is 11.1. The van der Waals surface area contributed by atoms with Gasteiger partial charge in [0, 0.05) is 23.7 Å². The van der Waals surface area contributed by atoms with Crippen LogP contribution in [0.15, 0.2) is 70.0 Å². The molecule has 3 N–H and O–H groups in total. The van der Waals surface area contributed by atoms with E-state index in [0.717, 1.165) is 23.1 Å². The van der Waals surface area contributed by atoms with Crippen molar-refractivity contribution in [3.8, 4) is 0 Å². The SMILES string of the molecule is O=C(CC1SC(=Nc2ccc(S(=O)(=O)Nc3nccs3)cc2)NC1=O)Nc1ccc(F)cc1. The summed E-state index contributed by atoms with van der Waals surface area (Å²) >= 11 is 2.26. The Labute approximate surface area is 196 Å². The lowest BCUT2D eigenvalue weighted by Gasteiger charge is -2.07. The molecule has 0 saturated carbocycles. The van der Waals surface area contributed by atoms with E-state index in [9.17, 15) is 22.4 Å². The smallest absolute Gasteiger partial charge is 0.263 e. The molecule has 1 saturated heterocycles. The third kappa shape index (κ3) is 5.94. The topological polar surface area (TPSA) is 130 Å². The number of hydrogen-bond donors (Lipinski definition) is 3. The Hall–Kier alpha value is -3.29. The van der Waals surface area contributed by atoms with E-state index >= 15 is 0 Å². The molecule has 0 bridgehead atoms. The molecule has 1 unspecified atom stereocenters. The van der Waals surface area contributed by atoms with Gasteiger partial charge in [0.2, 0.25) is 11.8 Å². The molecule has 2 amide bonds. The maximum atomic E-state index is 13.0. The highest BCUT2D eigenvalue weighted by Crippen LogP contribution is 2.27. The number of aromatic nitrogens is 1. The molecule has 0 spiro atoms. The number of sulfonamides is 1. The molecule has 4 rings (SSSR count). The van der Waals surface area contributed by atoms with Gasteiger partial charge in [0.15, 0.2) is 10.3 Å². The molecule has 13 heteroatoms. The van der Waals surface area contributed by atoms with Crippen LogP contribution in [-0.4, -0.2) is 35.6 Å². The predicted molar refractivity (Wildman–Crippen MR) is 126 cm³/mol. The summed E-state index contributed by atoms with van der Waals surface area (Å²) < 4.78 is 40.1. The highest BCUT2D eigenvalue weighted by Gasteiger charge is 2.32. The van der Waals surface area contributed by atoms with Crippen molar-refractivity contribution in [2.75, 3.05) is 10.0 Å². The Kier molecular flexibility index (Phi) is 6.72. The van der Waals surface area contributed by atoms with E-state index in [1.54, 1.807) is 5.38 Å². The zero-order valence-electron chi connectivity index (χ0n) is 16.7. The number of aliphatic imine (C=N–C) groups is 1. The highest BCUT2D eigenvalue weighted by atomic mass is 32.2. The summed E-state index contributed by atoms with van der Waals surface area (Å²) in [6.07, 6.45) is 1.40. The second-order valence-corrected chi connectivity index (χ2v) is 10.5. The number of nitrogens with one attached hydrogen (secondary N) is 3. The second kappa shape index (κ2) is 9.68. The molecular weight excluding hydrogens is 489 g/mol. The number of benzene rings is 2. The second-order valence-electron chi connectivity index (χ2n) is 6.71. The fourth-order valence-electron chi connectivity index (χ4n) is 2.77. The van der Waals surface area contributed by atoms with Gasteiger partial charge < -0.3 is 10.6 Å². The number of nitrogens with zero attached hydrogens (tertiary/aromatic N) is 2. The van der Waals surface area contributed by atoms with E-state index in [0.29, 0.717) is 16.5 Å². The van der Waals surface area contributed by atoms with E-state index < -0.39 is 27.0 Å². The van der Waals surface area contributed by atoms with Gasteiger partial charge in [-0.1, -0.05) is 11.8 Å². The summed E-state index contributed by atoms with van der Waals surface area (Å²) in [7, 11) is -3.78. The van der Waals surface area contributed by atoms with Gasteiger partial charge in [-0.05, 0) is 48.5 Å². The Bertz CT molecular complexity index is 1290. The lowest BCUT2D eigenvalue weighted by atomic mass is 10.2. The maximum Gasteiger partial charge on any atom is 0.263 e. The lowest BCUT2D eigenvalue weighted by molar-refractivity contribution is -0.122. The van der Waals surface area contributed by atoms with Crippen LogP contribution in [0.2, 0.25) is 0 Å². The number of thiazole rings is 1. The molecular formula is C20H16FN5O4S3. The Morgan fingerprint density at radius 1 is 1.15 bits per heavy atom. The molecule has 3 aromatic rings. The minimum Gasteiger partial charge on any atom is -0.326 e. The largest absolute Gasteiger partial charge is 0.326 e. The zero-order valence-corrected chi connectivity index (χ0v) is 19.1. The van der Waals surface area contributed by atoms with Gasteiger partial charge in [-0.2, -0.15) is 0 Å². The van der Waals surface area contributed by atoms with Crippen molar-refractivity contribution in [1.82, 2.24) is 10.3 Å². The first kappa shape index (κ1) is 22.9. The molecule has 1 atom stereocenters. The molecule has 2 heterocycles. The maximum absolute atomic E-state index is 13.0. The number of carbonyl (C=O) groups excluding carboxylic acids is 2. The number of amides is 2. The van der Waals surface area contributed by atoms with E-state index in [-0.39, 0.29) is 22.4 Å². The first-order chi connectivity index (χ1) is 15.8. The van der Waals surface area contributed by atoms with Gasteiger partial charge in [-0.3, -0.25) is 14.3 Å². The number of rotatable bonds is 7. The molecule has 1 aliphatic rings. The van der Waals surface area contributed by atoms with Gasteiger partial charge >= 0.3 is 0 Å². The van der Waals surface area contributed by atoms with Crippen LogP contribution in [0.4, 0.5) is 20.9 Å². The summed E-state index contributed by atoms with van der Waals surface area (Å²) in [5.41, 5.74) is 0.862. The van der Waals surface area contributed by atoms with Crippen LogP contribution in [0.3, 0.4) is 0 Å². The van der Waals surface area contributed by atoms with Gasteiger partial charge in [-0.25, -0.2) is 22.8 Å². The molecule has 0 radical (unpaired) electrons. The van der Waals surface area contributed by atoms with Crippen LogP contribution in [0.5, 0.6) is 0 Å². The van der Waals surface area contributed by atoms with Gasteiger partial charge in [0.25, 0.3) is 10.0 Å². The molecule has 1 fully saturated rings. The van der Waals surface area contributed by atoms with Crippen LogP contribution >= 0.6 is 23.1 Å². The van der Waals surface area contributed by atoms with Crippen LogP contribution < -0.4 is 15.4 Å². The van der Waals surface area contributed by atoms with Gasteiger partial charge in [-0.15, -0.1) is 11.3 Å². The van der Waals surface area contributed by atoms with Crippen LogP contribution in [-0.2, 0) is 19.6 Å². The summed E-state index contributed by atoms with van der Waals surface area (Å²) in [4.78, 5) is 32.7. The van der Waals surface area contributed by atoms with Crippen molar-refractivity contribution in [3.63, 3.8) is 0 Å². The minimum atomic E-state index is -3.78. The van der Waals surface area contributed by atoms with E-state index in [1.807, 2.05) is 0 Å².